The molecule has 1 aliphatic heterocycles. The van der Waals surface area contributed by atoms with Gasteiger partial charge in [0.1, 0.15) is 5.82 Å². The van der Waals surface area contributed by atoms with E-state index in [1.165, 1.54) is 19.4 Å². The van der Waals surface area contributed by atoms with Crippen molar-refractivity contribution in [3.63, 3.8) is 0 Å². The Balaban J connectivity index is 2.18. The van der Waals surface area contributed by atoms with Crippen LogP contribution in [0.4, 0.5) is 5.82 Å². The average Bonchev–Trinajstić information content (AvgIpc) is 2.67. The number of nitrogens with zero attached hydrogens (tertiary/aromatic N) is 2. The smallest absolute Gasteiger partial charge is 0.128 e. The second-order valence-corrected chi connectivity index (χ2v) is 4.33. The van der Waals surface area contributed by atoms with Crippen molar-refractivity contribution >= 4 is 5.82 Å². The van der Waals surface area contributed by atoms with Crippen molar-refractivity contribution < 1.29 is 0 Å². The van der Waals surface area contributed by atoms with Crippen molar-refractivity contribution in [1.29, 1.82) is 0 Å². The topological polar surface area (TPSA) is 16.1 Å². The number of anilines is 1. The molecule has 0 saturated carbocycles. The molecule has 76 valence electrons. The first-order valence-electron chi connectivity index (χ1n) is 5.46. The van der Waals surface area contributed by atoms with Gasteiger partial charge < -0.3 is 4.90 Å². The minimum absolute atomic E-state index is 0.685. The fourth-order valence-corrected chi connectivity index (χ4v) is 2.29. The van der Waals surface area contributed by atoms with Gasteiger partial charge in [0.2, 0.25) is 0 Å². The van der Waals surface area contributed by atoms with Crippen molar-refractivity contribution in [1.82, 2.24) is 4.98 Å². The zero-order chi connectivity index (χ0) is 9.97. The Morgan fingerprint density at radius 2 is 2.29 bits per heavy atom. The predicted octanol–water partition coefficient (Wildman–Crippen LogP) is 2.71. The minimum atomic E-state index is 0.685. The zero-order valence-electron chi connectivity index (χ0n) is 8.98. The lowest BCUT2D eigenvalue weighted by Crippen LogP contribution is -2.33. The summed E-state index contributed by atoms with van der Waals surface area (Å²) in [6, 6.07) is 6.84. The van der Waals surface area contributed by atoms with Crippen LogP contribution >= 0.6 is 0 Å². The first-order chi connectivity index (χ1) is 6.79. The first-order valence-corrected chi connectivity index (χ1v) is 5.46. The molecule has 0 bridgehead atoms. The standard InChI is InChI=1S/C12H18N2/c1-10(2)11-6-5-9-14(11)12-7-3-4-8-13-12/h3-4,7-8,10-11H,5-6,9H2,1-2H3. The van der Waals surface area contributed by atoms with Crippen LogP contribution in [0.2, 0.25) is 0 Å². The van der Waals surface area contributed by atoms with Crippen LogP contribution in [0.3, 0.4) is 0 Å². The lowest BCUT2D eigenvalue weighted by atomic mass is 10.0. The maximum atomic E-state index is 4.42. The number of hydrogen-bond acceptors (Lipinski definition) is 2. The van der Waals surface area contributed by atoms with Gasteiger partial charge in [0.15, 0.2) is 0 Å². The van der Waals surface area contributed by atoms with Crippen LogP contribution < -0.4 is 4.90 Å². The molecule has 1 aromatic rings. The molecular weight excluding hydrogens is 172 g/mol. The summed E-state index contributed by atoms with van der Waals surface area (Å²) >= 11 is 0. The van der Waals surface area contributed by atoms with Gasteiger partial charge in [-0.25, -0.2) is 4.98 Å². The quantitative estimate of drug-likeness (QED) is 0.712. The summed E-state index contributed by atoms with van der Waals surface area (Å²) in [5.41, 5.74) is 0. The third kappa shape index (κ3) is 1.74. The van der Waals surface area contributed by atoms with Crippen LogP contribution in [0.1, 0.15) is 26.7 Å². The van der Waals surface area contributed by atoms with Crippen LogP contribution in [-0.4, -0.2) is 17.6 Å². The molecule has 0 spiro atoms. The van der Waals surface area contributed by atoms with Crippen molar-refractivity contribution in [2.45, 2.75) is 32.7 Å². The molecule has 1 atom stereocenters. The van der Waals surface area contributed by atoms with E-state index in [4.69, 9.17) is 0 Å². The molecular formula is C12H18N2. The van der Waals surface area contributed by atoms with Crippen LogP contribution in [-0.2, 0) is 0 Å². The van der Waals surface area contributed by atoms with Gasteiger partial charge in [0, 0.05) is 18.8 Å². The summed E-state index contributed by atoms with van der Waals surface area (Å²) in [5, 5.41) is 0. The summed E-state index contributed by atoms with van der Waals surface area (Å²) in [6.07, 6.45) is 4.50. The predicted molar refractivity (Wildman–Crippen MR) is 59.4 cm³/mol. The Morgan fingerprint density at radius 3 is 2.93 bits per heavy atom. The highest BCUT2D eigenvalue weighted by Gasteiger charge is 2.27. The van der Waals surface area contributed by atoms with E-state index in [0.29, 0.717) is 6.04 Å². The van der Waals surface area contributed by atoms with E-state index < -0.39 is 0 Å². The van der Waals surface area contributed by atoms with Crippen LogP contribution in [0.15, 0.2) is 24.4 Å². The summed E-state index contributed by atoms with van der Waals surface area (Å²) < 4.78 is 0. The molecule has 1 unspecified atom stereocenters. The van der Waals surface area contributed by atoms with Gasteiger partial charge in [-0.2, -0.15) is 0 Å². The largest absolute Gasteiger partial charge is 0.353 e. The number of hydrogen-bond donors (Lipinski definition) is 0. The van der Waals surface area contributed by atoms with E-state index in [1.54, 1.807) is 0 Å². The molecule has 2 heteroatoms. The lowest BCUT2D eigenvalue weighted by Gasteiger charge is -2.28. The maximum absolute atomic E-state index is 4.42. The number of pyridine rings is 1. The Hall–Kier alpha value is -1.05. The van der Waals surface area contributed by atoms with Gasteiger partial charge >= 0.3 is 0 Å². The third-order valence-corrected chi connectivity index (χ3v) is 3.01. The lowest BCUT2D eigenvalue weighted by molar-refractivity contribution is 0.489. The SMILES string of the molecule is CC(C)C1CCCN1c1ccccn1. The Bertz CT molecular complexity index is 282. The normalized spacial score (nSPS) is 21.9. The molecule has 0 radical (unpaired) electrons. The minimum Gasteiger partial charge on any atom is -0.353 e. The third-order valence-electron chi connectivity index (χ3n) is 3.01. The average molecular weight is 190 g/mol. The molecule has 1 saturated heterocycles. The monoisotopic (exact) mass is 190 g/mol. The van der Waals surface area contributed by atoms with Gasteiger partial charge in [0.25, 0.3) is 0 Å². The molecule has 1 fully saturated rings. The van der Waals surface area contributed by atoms with Gasteiger partial charge in [-0.3, -0.25) is 0 Å². The van der Waals surface area contributed by atoms with Crippen LogP contribution in [0, 0.1) is 5.92 Å². The molecule has 2 heterocycles. The highest BCUT2D eigenvalue weighted by molar-refractivity contribution is 5.40. The number of rotatable bonds is 2. The van der Waals surface area contributed by atoms with Gasteiger partial charge in [-0.05, 0) is 30.9 Å². The van der Waals surface area contributed by atoms with Gasteiger partial charge in [-0.15, -0.1) is 0 Å². The van der Waals surface area contributed by atoms with E-state index in [2.05, 4.69) is 35.9 Å². The molecule has 0 aliphatic carbocycles. The second kappa shape index (κ2) is 3.99. The van der Waals surface area contributed by atoms with E-state index in [9.17, 15) is 0 Å². The molecule has 0 aromatic carbocycles. The molecule has 1 aliphatic rings. The zero-order valence-corrected chi connectivity index (χ0v) is 8.98. The molecule has 0 amide bonds. The summed E-state index contributed by atoms with van der Waals surface area (Å²) in [7, 11) is 0. The van der Waals surface area contributed by atoms with Crippen molar-refractivity contribution in [3.8, 4) is 0 Å². The Morgan fingerprint density at radius 1 is 1.43 bits per heavy atom. The molecule has 2 nitrogen and oxygen atoms in total. The summed E-state index contributed by atoms with van der Waals surface area (Å²) in [5.74, 6) is 1.86. The Labute approximate surface area is 86.0 Å². The molecule has 1 aromatic heterocycles. The van der Waals surface area contributed by atoms with Crippen LogP contribution in [0.25, 0.3) is 0 Å². The van der Waals surface area contributed by atoms with Crippen molar-refractivity contribution in [3.05, 3.63) is 24.4 Å². The van der Waals surface area contributed by atoms with E-state index in [0.717, 1.165) is 11.7 Å². The molecule has 0 N–H and O–H groups in total. The van der Waals surface area contributed by atoms with Crippen molar-refractivity contribution in [2.24, 2.45) is 5.92 Å². The van der Waals surface area contributed by atoms with E-state index in [-0.39, 0.29) is 0 Å². The van der Waals surface area contributed by atoms with Crippen molar-refractivity contribution in [2.75, 3.05) is 11.4 Å². The van der Waals surface area contributed by atoms with Gasteiger partial charge in [-0.1, -0.05) is 19.9 Å². The van der Waals surface area contributed by atoms with E-state index in [1.807, 2.05) is 12.3 Å². The Kier molecular flexibility index (Phi) is 2.71. The molecule has 2 rings (SSSR count). The maximum Gasteiger partial charge on any atom is 0.128 e. The number of aromatic nitrogens is 1. The first kappa shape index (κ1) is 9.50. The van der Waals surface area contributed by atoms with E-state index >= 15 is 0 Å². The second-order valence-electron chi connectivity index (χ2n) is 4.33. The highest BCUT2D eigenvalue weighted by Crippen LogP contribution is 2.27. The van der Waals surface area contributed by atoms with Gasteiger partial charge in [0.05, 0.1) is 0 Å². The molecule has 14 heavy (non-hydrogen) atoms. The fraction of sp³-hybridized carbons (Fsp3) is 0.583. The fourth-order valence-electron chi connectivity index (χ4n) is 2.29. The summed E-state index contributed by atoms with van der Waals surface area (Å²) in [4.78, 5) is 6.87. The highest BCUT2D eigenvalue weighted by atomic mass is 15.2. The van der Waals surface area contributed by atoms with Crippen LogP contribution in [0.5, 0.6) is 0 Å². The summed E-state index contributed by atoms with van der Waals surface area (Å²) in [6.45, 7) is 5.76.